The zero-order valence-corrected chi connectivity index (χ0v) is 15.4. The number of nitrogens with two attached hydrogens (primary N) is 1. The molecule has 0 bridgehead atoms. The fourth-order valence-corrected chi connectivity index (χ4v) is 4.01. The Hall–Kier alpha value is -3.34. The van der Waals surface area contributed by atoms with E-state index in [2.05, 4.69) is 21.8 Å². The number of benzene rings is 1. The number of rotatable bonds is 4. The van der Waals surface area contributed by atoms with Crippen molar-refractivity contribution in [3.63, 3.8) is 0 Å². The van der Waals surface area contributed by atoms with E-state index >= 15 is 0 Å². The highest BCUT2D eigenvalue weighted by atomic mass is 16.2. The first-order valence-corrected chi connectivity index (χ1v) is 9.53. The van der Waals surface area contributed by atoms with E-state index in [-0.39, 0.29) is 17.9 Å². The third-order valence-corrected chi connectivity index (χ3v) is 5.50. The molecule has 2 amide bonds. The van der Waals surface area contributed by atoms with Gasteiger partial charge in [-0.15, -0.1) is 0 Å². The minimum Gasteiger partial charge on any atom is -0.365 e. The van der Waals surface area contributed by atoms with E-state index in [9.17, 15) is 14.9 Å². The van der Waals surface area contributed by atoms with Gasteiger partial charge in [-0.05, 0) is 43.0 Å². The van der Waals surface area contributed by atoms with Crippen LogP contribution in [0.15, 0.2) is 24.4 Å². The second-order valence-electron chi connectivity index (χ2n) is 7.37. The van der Waals surface area contributed by atoms with Gasteiger partial charge in [0.05, 0.1) is 18.0 Å². The van der Waals surface area contributed by atoms with Crippen LogP contribution in [0.4, 0.5) is 17.2 Å². The maximum absolute atomic E-state index is 11.9. The molecule has 144 valence electrons. The van der Waals surface area contributed by atoms with Gasteiger partial charge in [0, 0.05) is 24.0 Å². The average molecular weight is 378 g/mol. The average Bonchev–Trinajstić information content (AvgIpc) is 3.12. The number of fused-ring (bicyclic) bond motifs is 1. The predicted molar refractivity (Wildman–Crippen MR) is 104 cm³/mol. The van der Waals surface area contributed by atoms with Crippen molar-refractivity contribution in [3.05, 3.63) is 35.5 Å². The Labute approximate surface area is 162 Å². The number of primary amides is 1. The van der Waals surface area contributed by atoms with Crippen LogP contribution < -0.4 is 16.4 Å². The molecule has 2 aromatic rings. The molecule has 2 atom stereocenters. The van der Waals surface area contributed by atoms with Crippen LogP contribution in [0.3, 0.4) is 0 Å². The summed E-state index contributed by atoms with van der Waals surface area (Å²) in [4.78, 5) is 23.5. The van der Waals surface area contributed by atoms with Gasteiger partial charge in [0.2, 0.25) is 5.91 Å². The molecule has 1 aliphatic heterocycles. The second-order valence-corrected chi connectivity index (χ2v) is 7.37. The molecule has 1 aromatic heterocycles. The predicted octanol–water partition coefficient (Wildman–Crippen LogP) is 2.87. The van der Waals surface area contributed by atoms with Gasteiger partial charge in [-0.3, -0.25) is 14.3 Å². The van der Waals surface area contributed by atoms with Crippen molar-refractivity contribution in [3.8, 4) is 6.07 Å². The van der Waals surface area contributed by atoms with Gasteiger partial charge in [-0.2, -0.15) is 10.4 Å². The molecular formula is C20H22N6O2. The van der Waals surface area contributed by atoms with Crippen LogP contribution in [0.25, 0.3) is 0 Å². The molecular weight excluding hydrogens is 356 g/mol. The Bertz CT molecular complexity index is 974. The van der Waals surface area contributed by atoms with Crippen molar-refractivity contribution in [2.24, 2.45) is 11.7 Å². The van der Waals surface area contributed by atoms with Gasteiger partial charge in [0.25, 0.3) is 5.91 Å². The van der Waals surface area contributed by atoms with Crippen molar-refractivity contribution < 1.29 is 9.59 Å². The minimum atomic E-state index is -0.566. The number of aromatic nitrogens is 2. The minimum absolute atomic E-state index is 0.0162. The fraction of sp³-hybridized carbons (Fsp3) is 0.400. The molecule has 0 saturated heterocycles. The summed E-state index contributed by atoms with van der Waals surface area (Å²) in [5, 5.41) is 20.0. The molecule has 8 heteroatoms. The summed E-state index contributed by atoms with van der Waals surface area (Å²) in [6.07, 6.45) is 6.53. The van der Waals surface area contributed by atoms with Gasteiger partial charge in [-0.25, -0.2) is 0 Å². The third kappa shape index (κ3) is 3.43. The lowest BCUT2D eigenvalue weighted by Gasteiger charge is -2.26. The Morgan fingerprint density at radius 3 is 2.93 bits per heavy atom. The Morgan fingerprint density at radius 1 is 1.32 bits per heavy atom. The van der Waals surface area contributed by atoms with Gasteiger partial charge >= 0.3 is 0 Å². The number of nitriles is 1. The molecule has 4 rings (SSSR count). The standard InChI is InChI=1S/C20H22N6O2/c21-10-13-3-1-2-4-17(13)26-11-15(19(22)28)20(25-26)23-14-6-7-16-12(9-14)5-8-18(27)24-16/h6-7,9,11,13,17H,1-5,8H2,(H2,22,28)(H,23,25)(H,24,27). The fourth-order valence-electron chi connectivity index (χ4n) is 4.01. The Balaban J connectivity index is 1.62. The second kappa shape index (κ2) is 7.35. The molecule has 4 N–H and O–H groups in total. The highest BCUT2D eigenvalue weighted by Gasteiger charge is 2.29. The molecule has 0 spiro atoms. The van der Waals surface area contributed by atoms with E-state index in [1.54, 1.807) is 10.9 Å². The maximum atomic E-state index is 11.9. The number of carbonyl (C=O) groups excluding carboxylic acids is 2. The van der Waals surface area contributed by atoms with Crippen LogP contribution in [-0.4, -0.2) is 21.6 Å². The normalized spacial score (nSPS) is 21.3. The van der Waals surface area contributed by atoms with Crippen LogP contribution in [-0.2, 0) is 11.2 Å². The lowest BCUT2D eigenvalue weighted by molar-refractivity contribution is -0.116. The van der Waals surface area contributed by atoms with Gasteiger partial charge in [0.15, 0.2) is 5.82 Å². The Kier molecular flexibility index (Phi) is 4.74. The lowest BCUT2D eigenvalue weighted by Crippen LogP contribution is -2.22. The molecule has 2 heterocycles. The first-order valence-electron chi connectivity index (χ1n) is 9.53. The van der Waals surface area contributed by atoms with Crippen molar-refractivity contribution in [2.75, 3.05) is 10.6 Å². The molecule has 2 unspecified atom stereocenters. The van der Waals surface area contributed by atoms with Crippen molar-refractivity contribution in [1.29, 1.82) is 5.26 Å². The first kappa shape index (κ1) is 18.0. The summed E-state index contributed by atoms with van der Waals surface area (Å²) < 4.78 is 1.72. The zero-order chi connectivity index (χ0) is 19.7. The molecule has 1 aromatic carbocycles. The number of anilines is 3. The molecule has 1 aliphatic carbocycles. The van der Waals surface area contributed by atoms with E-state index in [4.69, 9.17) is 5.73 Å². The summed E-state index contributed by atoms with van der Waals surface area (Å²) in [6, 6.07) is 7.92. The van der Waals surface area contributed by atoms with E-state index in [1.165, 1.54) is 0 Å². The topological polar surface area (TPSA) is 126 Å². The summed E-state index contributed by atoms with van der Waals surface area (Å²) >= 11 is 0. The maximum Gasteiger partial charge on any atom is 0.254 e. The van der Waals surface area contributed by atoms with Crippen molar-refractivity contribution in [1.82, 2.24) is 9.78 Å². The summed E-state index contributed by atoms with van der Waals surface area (Å²) in [7, 11) is 0. The van der Waals surface area contributed by atoms with Crippen LogP contribution in [0.1, 0.15) is 54.1 Å². The van der Waals surface area contributed by atoms with E-state index in [0.717, 1.165) is 42.6 Å². The zero-order valence-electron chi connectivity index (χ0n) is 15.4. The number of carbonyl (C=O) groups is 2. The summed E-state index contributed by atoms with van der Waals surface area (Å²) in [5.74, 6) is -0.282. The van der Waals surface area contributed by atoms with Crippen LogP contribution in [0.5, 0.6) is 0 Å². The number of aryl methyl sites for hydroxylation is 1. The molecule has 28 heavy (non-hydrogen) atoms. The number of hydrogen-bond donors (Lipinski definition) is 3. The lowest BCUT2D eigenvalue weighted by atomic mass is 9.85. The van der Waals surface area contributed by atoms with E-state index in [1.807, 2.05) is 18.2 Å². The van der Waals surface area contributed by atoms with Crippen molar-refractivity contribution >= 4 is 29.0 Å². The summed E-state index contributed by atoms with van der Waals surface area (Å²) in [6.45, 7) is 0. The van der Waals surface area contributed by atoms with E-state index < -0.39 is 5.91 Å². The van der Waals surface area contributed by atoms with Gasteiger partial charge in [0.1, 0.15) is 5.56 Å². The smallest absolute Gasteiger partial charge is 0.254 e. The molecule has 1 saturated carbocycles. The number of amides is 2. The Morgan fingerprint density at radius 2 is 2.14 bits per heavy atom. The molecule has 0 radical (unpaired) electrons. The van der Waals surface area contributed by atoms with Crippen LogP contribution >= 0.6 is 0 Å². The third-order valence-electron chi connectivity index (χ3n) is 5.50. The highest BCUT2D eigenvalue weighted by molar-refractivity contribution is 5.98. The molecule has 2 aliphatic rings. The highest BCUT2D eigenvalue weighted by Crippen LogP contribution is 2.35. The van der Waals surface area contributed by atoms with Crippen LogP contribution in [0, 0.1) is 17.2 Å². The quantitative estimate of drug-likeness (QED) is 0.754. The number of nitrogens with zero attached hydrogens (tertiary/aromatic N) is 3. The van der Waals surface area contributed by atoms with Gasteiger partial charge < -0.3 is 16.4 Å². The van der Waals surface area contributed by atoms with Gasteiger partial charge in [-0.1, -0.05) is 12.8 Å². The molecule has 8 nitrogen and oxygen atoms in total. The first-order chi connectivity index (χ1) is 13.5. The number of hydrogen-bond acceptors (Lipinski definition) is 5. The van der Waals surface area contributed by atoms with Crippen molar-refractivity contribution in [2.45, 2.75) is 44.6 Å². The summed E-state index contributed by atoms with van der Waals surface area (Å²) in [5.41, 5.74) is 8.46. The van der Waals surface area contributed by atoms with Crippen LogP contribution in [0.2, 0.25) is 0 Å². The van der Waals surface area contributed by atoms with E-state index in [0.29, 0.717) is 24.2 Å². The monoisotopic (exact) mass is 378 g/mol. The largest absolute Gasteiger partial charge is 0.365 e. The molecule has 1 fully saturated rings. The SMILES string of the molecule is N#CC1CCCCC1n1cc(C(N)=O)c(Nc2ccc3c(c2)CCC(=O)N3)n1. The number of nitrogens with one attached hydrogen (secondary N) is 2.